The maximum atomic E-state index is 6.02. The molecule has 0 aromatic heterocycles. The summed E-state index contributed by atoms with van der Waals surface area (Å²) in [5, 5.41) is 2.80. The molecule has 1 rings (SSSR count). The van der Waals surface area contributed by atoms with Crippen LogP contribution in [-0.2, 0) is 8.85 Å². The first-order valence-corrected chi connectivity index (χ1v) is 10.6. The van der Waals surface area contributed by atoms with Crippen LogP contribution in [0.3, 0.4) is 0 Å². The van der Waals surface area contributed by atoms with E-state index in [4.69, 9.17) is 8.85 Å². The van der Waals surface area contributed by atoms with Crippen molar-refractivity contribution in [3.8, 4) is 0 Å². The second-order valence-corrected chi connectivity index (χ2v) is 8.19. The van der Waals surface area contributed by atoms with Gasteiger partial charge in [0.1, 0.15) is 0 Å². The third-order valence-electron chi connectivity index (χ3n) is 3.82. The number of hydrogen-bond acceptors (Lipinski definition) is 2. The van der Waals surface area contributed by atoms with E-state index in [0.717, 1.165) is 25.7 Å². The van der Waals surface area contributed by atoms with Crippen LogP contribution in [0.4, 0.5) is 0 Å². The van der Waals surface area contributed by atoms with Gasteiger partial charge in [-0.3, -0.25) is 0 Å². The molecule has 0 aliphatic carbocycles. The Kier molecular flexibility index (Phi) is 9.10. The predicted octanol–water partition coefficient (Wildman–Crippen LogP) is 1.52. The Labute approximate surface area is 129 Å². The third kappa shape index (κ3) is 6.35. The van der Waals surface area contributed by atoms with E-state index in [-0.39, 0.29) is 0 Å². The van der Waals surface area contributed by atoms with Crippen LogP contribution in [-0.4, -0.2) is 31.7 Å². The molecule has 2 nitrogen and oxygen atoms in total. The average Bonchev–Trinajstić information content (AvgIpc) is 2.50. The van der Waals surface area contributed by atoms with E-state index in [1.54, 1.807) is 0 Å². The van der Waals surface area contributed by atoms with Gasteiger partial charge < -0.3 is 8.85 Å². The highest BCUT2D eigenvalue weighted by molar-refractivity contribution is 6.49. The van der Waals surface area contributed by atoms with Crippen molar-refractivity contribution in [3.05, 3.63) is 24.3 Å². The fraction of sp³-hybridized carbons (Fsp3) is 0.625. The van der Waals surface area contributed by atoms with E-state index in [2.05, 4.69) is 52.0 Å². The van der Waals surface area contributed by atoms with Crippen LogP contribution in [0, 0.1) is 0 Å². The lowest BCUT2D eigenvalue weighted by atomic mass is 10.2. The summed E-state index contributed by atoms with van der Waals surface area (Å²) in [4.78, 5) is 0. The van der Waals surface area contributed by atoms with Gasteiger partial charge in [0.2, 0.25) is 0 Å². The maximum Gasteiger partial charge on any atom is 0.192 e. The Morgan fingerprint density at radius 2 is 1.00 bits per heavy atom. The zero-order valence-corrected chi connectivity index (χ0v) is 16.4. The smallest absolute Gasteiger partial charge is 0.192 e. The van der Waals surface area contributed by atoms with Crippen LogP contribution in [0.25, 0.3) is 0 Å². The Hall–Kier alpha value is -0.426. The molecule has 0 saturated carbocycles. The van der Waals surface area contributed by atoms with Gasteiger partial charge in [0.15, 0.2) is 19.5 Å². The molecule has 0 unspecified atom stereocenters. The summed E-state index contributed by atoms with van der Waals surface area (Å²) in [5.74, 6) is 0. The van der Waals surface area contributed by atoms with Crippen LogP contribution in [0.15, 0.2) is 24.3 Å². The zero-order chi connectivity index (χ0) is 14.8. The average molecular weight is 311 g/mol. The molecule has 114 valence electrons. The van der Waals surface area contributed by atoms with E-state index in [1.807, 2.05) is 0 Å². The van der Waals surface area contributed by atoms with Crippen LogP contribution < -0.4 is 10.4 Å². The Morgan fingerprint density at radius 1 is 0.700 bits per heavy atom. The maximum absolute atomic E-state index is 6.02. The molecule has 1 aromatic carbocycles. The van der Waals surface area contributed by atoms with Crippen molar-refractivity contribution in [3.63, 3.8) is 0 Å². The second kappa shape index (κ2) is 10.3. The Balaban J connectivity index is 2.40. The molecule has 1 aromatic rings. The lowest BCUT2D eigenvalue weighted by Crippen LogP contribution is -2.27. The normalized spacial score (nSPS) is 12.7. The summed E-state index contributed by atoms with van der Waals surface area (Å²) in [5.41, 5.74) is 0. The van der Waals surface area contributed by atoms with Gasteiger partial charge in [0.05, 0.1) is 0 Å². The molecule has 0 aliphatic rings. The molecular weight excluding hydrogens is 280 g/mol. The molecule has 0 amide bonds. The van der Waals surface area contributed by atoms with Gasteiger partial charge in [-0.1, -0.05) is 52.0 Å². The van der Waals surface area contributed by atoms with Gasteiger partial charge in [-0.05, 0) is 36.1 Å². The molecule has 4 heteroatoms. The minimum Gasteiger partial charge on any atom is -0.416 e. The highest BCUT2D eigenvalue weighted by Gasteiger charge is 2.06. The summed E-state index contributed by atoms with van der Waals surface area (Å²) in [7, 11) is -1.12. The molecule has 0 fully saturated rings. The summed E-state index contributed by atoms with van der Waals surface area (Å²) in [6.07, 6.45) is 5.40. The molecule has 0 N–H and O–H groups in total. The van der Waals surface area contributed by atoms with Crippen molar-refractivity contribution in [2.75, 3.05) is 0 Å². The lowest BCUT2D eigenvalue weighted by molar-refractivity contribution is 0.206. The van der Waals surface area contributed by atoms with Crippen molar-refractivity contribution >= 4 is 29.9 Å². The van der Waals surface area contributed by atoms with Crippen LogP contribution in [0.2, 0.25) is 0 Å². The minimum atomic E-state index is -0.561. The van der Waals surface area contributed by atoms with Gasteiger partial charge in [0.25, 0.3) is 0 Å². The molecule has 0 atom stereocenters. The third-order valence-corrected chi connectivity index (χ3v) is 6.70. The molecule has 20 heavy (non-hydrogen) atoms. The Morgan fingerprint density at radius 3 is 1.25 bits per heavy atom. The van der Waals surface area contributed by atoms with Gasteiger partial charge in [-0.2, -0.15) is 0 Å². The number of rotatable bonds is 10. The number of benzene rings is 1. The van der Waals surface area contributed by atoms with E-state index in [0.29, 0.717) is 12.2 Å². The number of hydrogen-bond donors (Lipinski definition) is 0. The van der Waals surface area contributed by atoms with Gasteiger partial charge in [-0.15, -0.1) is 0 Å². The van der Waals surface area contributed by atoms with Crippen LogP contribution in [0.5, 0.6) is 0 Å². The van der Waals surface area contributed by atoms with Crippen LogP contribution in [0.1, 0.15) is 53.4 Å². The summed E-state index contributed by atoms with van der Waals surface area (Å²) in [6.45, 7) is 8.80. The standard InChI is InChI=1S/C16H30O2Si2/c1-5-13(6-2)17-19-15-9-11-16(12-10-15)20-18-14(7-3)8-4/h9-14H,5-8,19-20H2,1-4H3. The topological polar surface area (TPSA) is 18.5 Å². The van der Waals surface area contributed by atoms with Gasteiger partial charge in [-0.25, -0.2) is 0 Å². The molecule has 0 heterocycles. The van der Waals surface area contributed by atoms with E-state index in [9.17, 15) is 0 Å². The fourth-order valence-electron chi connectivity index (χ4n) is 2.21. The van der Waals surface area contributed by atoms with Crippen molar-refractivity contribution in [2.24, 2.45) is 0 Å². The fourth-order valence-corrected chi connectivity index (χ4v) is 4.86. The first-order chi connectivity index (χ1) is 9.73. The van der Waals surface area contributed by atoms with E-state index in [1.165, 1.54) is 10.4 Å². The monoisotopic (exact) mass is 310 g/mol. The molecule has 0 aliphatic heterocycles. The molecule has 0 radical (unpaired) electrons. The highest BCUT2D eigenvalue weighted by Crippen LogP contribution is 2.02. The van der Waals surface area contributed by atoms with Crippen molar-refractivity contribution < 1.29 is 8.85 Å². The van der Waals surface area contributed by atoms with Crippen molar-refractivity contribution in [1.82, 2.24) is 0 Å². The lowest BCUT2D eigenvalue weighted by Gasteiger charge is -2.15. The van der Waals surface area contributed by atoms with Gasteiger partial charge >= 0.3 is 0 Å². The molecule has 0 saturated heterocycles. The quantitative estimate of drug-likeness (QED) is 0.610. The van der Waals surface area contributed by atoms with E-state index >= 15 is 0 Å². The van der Waals surface area contributed by atoms with E-state index < -0.39 is 19.5 Å². The summed E-state index contributed by atoms with van der Waals surface area (Å²) >= 11 is 0. The largest absolute Gasteiger partial charge is 0.416 e. The molecular formula is C16H30O2Si2. The Bertz CT molecular complexity index is 311. The van der Waals surface area contributed by atoms with Gasteiger partial charge in [0, 0.05) is 12.2 Å². The zero-order valence-electron chi connectivity index (χ0n) is 13.5. The SMILES string of the molecule is CCC(CC)O[SiH2]c1ccc([SiH2]OC(CC)CC)cc1. The molecule has 0 bridgehead atoms. The predicted molar refractivity (Wildman–Crippen MR) is 93.7 cm³/mol. The second-order valence-electron chi connectivity index (χ2n) is 5.32. The van der Waals surface area contributed by atoms with Crippen molar-refractivity contribution in [1.29, 1.82) is 0 Å². The minimum absolute atomic E-state index is 0.453. The summed E-state index contributed by atoms with van der Waals surface area (Å²) in [6, 6.07) is 8.97. The first kappa shape index (κ1) is 17.6. The first-order valence-electron chi connectivity index (χ1n) is 8.04. The van der Waals surface area contributed by atoms with Crippen LogP contribution >= 0.6 is 0 Å². The van der Waals surface area contributed by atoms with Crippen molar-refractivity contribution in [2.45, 2.75) is 65.6 Å². The molecule has 0 spiro atoms. The summed E-state index contributed by atoms with van der Waals surface area (Å²) < 4.78 is 12.0. The highest BCUT2D eigenvalue weighted by atomic mass is 28.2.